The van der Waals surface area contributed by atoms with E-state index < -0.39 is 5.41 Å². The predicted molar refractivity (Wildman–Crippen MR) is 74.5 cm³/mol. The molecule has 0 saturated carbocycles. The number of hydrogen-bond donors (Lipinski definition) is 2. The molecule has 0 aliphatic rings. The van der Waals surface area contributed by atoms with Crippen molar-refractivity contribution in [3.63, 3.8) is 0 Å². The third-order valence-corrected chi connectivity index (χ3v) is 3.69. The Labute approximate surface area is 110 Å². The molecule has 0 saturated heterocycles. The second-order valence-electron chi connectivity index (χ2n) is 5.57. The van der Waals surface area contributed by atoms with Crippen LogP contribution < -0.4 is 0 Å². The fourth-order valence-corrected chi connectivity index (χ4v) is 2.18. The molecule has 0 aliphatic heterocycles. The van der Waals surface area contributed by atoms with E-state index in [1.54, 1.807) is 0 Å². The molecular formula is C15H25NO2. The average Bonchev–Trinajstić information content (AvgIpc) is 2.38. The SMILES string of the molecule is Cc1ccccc1C(C)N(C)CC(C)(CO)CO. The predicted octanol–water partition coefficient (Wildman–Crippen LogP) is 1.98. The average molecular weight is 251 g/mol. The largest absolute Gasteiger partial charge is 0.396 e. The second-order valence-corrected chi connectivity index (χ2v) is 5.57. The van der Waals surface area contributed by atoms with Gasteiger partial charge in [-0.1, -0.05) is 31.2 Å². The van der Waals surface area contributed by atoms with Gasteiger partial charge in [-0.05, 0) is 32.0 Å². The third-order valence-electron chi connectivity index (χ3n) is 3.69. The summed E-state index contributed by atoms with van der Waals surface area (Å²) in [7, 11) is 2.03. The van der Waals surface area contributed by atoms with Gasteiger partial charge in [0.25, 0.3) is 0 Å². The van der Waals surface area contributed by atoms with E-state index in [2.05, 4.69) is 30.9 Å². The summed E-state index contributed by atoms with van der Waals surface area (Å²) in [4.78, 5) is 2.18. The van der Waals surface area contributed by atoms with Gasteiger partial charge in [-0.2, -0.15) is 0 Å². The lowest BCUT2D eigenvalue weighted by atomic mass is 9.91. The van der Waals surface area contributed by atoms with Crippen LogP contribution in [0.2, 0.25) is 0 Å². The lowest BCUT2D eigenvalue weighted by molar-refractivity contribution is 0.0326. The Hall–Kier alpha value is -0.900. The van der Waals surface area contributed by atoms with Crippen molar-refractivity contribution in [1.29, 1.82) is 0 Å². The molecule has 18 heavy (non-hydrogen) atoms. The summed E-state index contributed by atoms with van der Waals surface area (Å²) < 4.78 is 0. The summed E-state index contributed by atoms with van der Waals surface area (Å²) in [5.41, 5.74) is 2.11. The van der Waals surface area contributed by atoms with Crippen LogP contribution in [-0.4, -0.2) is 41.9 Å². The highest BCUT2D eigenvalue weighted by molar-refractivity contribution is 5.28. The Morgan fingerprint density at radius 3 is 2.28 bits per heavy atom. The van der Waals surface area contributed by atoms with Crippen molar-refractivity contribution in [2.45, 2.75) is 26.8 Å². The molecule has 1 rings (SSSR count). The van der Waals surface area contributed by atoms with Crippen molar-refractivity contribution in [1.82, 2.24) is 4.90 Å². The highest BCUT2D eigenvalue weighted by atomic mass is 16.3. The molecule has 2 N–H and O–H groups in total. The minimum absolute atomic E-state index is 0.00562. The quantitative estimate of drug-likeness (QED) is 0.812. The van der Waals surface area contributed by atoms with Crippen LogP contribution >= 0.6 is 0 Å². The number of nitrogens with zero attached hydrogens (tertiary/aromatic N) is 1. The topological polar surface area (TPSA) is 43.7 Å². The fourth-order valence-electron chi connectivity index (χ4n) is 2.18. The van der Waals surface area contributed by atoms with Gasteiger partial charge in [0.2, 0.25) is 0 Å². The fraction of sp³-hybridized carbons (Fsp3) is 0.600. The minimum atomic E-state index is -0.453. The summed E-state index contributed by atoms with van der Waals surface area (Å²) in [6.45, 7) is 6.81. The molecule has 0 fully saturated rings. The second kappa shape index (κ2) is 6.32. The highest BCUT2D eigenvalue weighted by Gasteiger charge is 2.26. The molecule has 1 aromatic carbocycles. The Balaban J connectivity index is 2.79. The van der Waals surface area contributed by atoms with Gasteiger partial charge in [-0.15, -0.1) is 0 Å². The van der Waals surface area contributed by atoms with Crippen LogP contribution in [0.1, 0.15) is 31.0 Å². The summed E-state index contributed by atoms with van der Waals surface area (Å²) in [6, 6.07) is 8.59. The Morgan fingerprint density at radius 2 is 1.78 bits per heavy atom. The van der Waals surface area contributed by atoms with Crippen molar-refractivity contribution in [2.24, 2.45) is 5.41 Å². The highest BCUT2D eigenvalue weighted by Crippen LogP contribution is 2.25. The monoisotopic (exact) mass is 251 g/mol. The smallest absolute Gasteiger partial charge is 0.0519 e. The Bertz CT molecular complexity index is 375. The molecule has 0 amide bonds. The van der Waals surface area contributed by atoms with Crippen LogP contribution in [0.3, 0.4) is 0 Å². The van der Waals surface area contributed by atoms with Crippen molar-refractivity contribution < 1.29 is 10.2 Å². The number of aliphatic hydroxyl groups is 2. The van der Waals surface area contributed by atoms with Crippen LogP contribution in [-0.2, 0) is 0 Å². The Kier molecular flexibility index (Phi) is 5.32. The lowest BCUT2D eigenvalue weighted by Crippen LogP contribution is -2.40. The van der Waals surface area contributed by atoms with E-state index >= 15 is 0 Å². The molecule has 0 bridgehead atoms. The molecule has 0 spiro atoms. The standard InChI is InChI=1S/C15H25NO2/c1-12-7-5-6-8-14(12)13(2)16(4)9-15(3,10-17)11-18/h5-8,13,17-18H,9-11H2,1-4H3. The van der Waals surface area contributed by atoms with Crippen molar-refractivity contribution in [3.05, 3.63) is 35.4 Å². The zero-order chi connectivity index (χ0) is 13.8. The van der Waals surface area contributed by atoms with Gasteiger partial charge in [0.1, 0.15) is 0 Å². The molecule has 1 atom stereocenters. The first-order valence-electron chi connectivity index (χ1n) is 6.41. The third kappa shape index (κ3) is 3.55. The van der Waals surface area contributed by atoms with Crippen molar-refractivity contribution in [3.8, 4) is 0 Å². The van der Waals surface area contributed by atoms with Gasteiger partial charge in [-0.3, -0.25) is 4.90 Å². The molecule has 3 heteroatoms. The molecular weight excluding hydrogens is 226 g/mol. The van der Waals surface area contributed by atoms with E-state index in [0.717, 1.165) is 0 Å². The molecule has 0 radical (unpaired) electrons. The van der Waals surface area contributed by atoms with Crippen LogP contribution in [0.25, 0.3) is 0 Å². The van der Waals surface area contributed by atoms with Gasteiger partial charge >= 0.3 is 0 Å². The summed E-state index contributed by atoms with van der Waals surface area (Å²) >= 11 is 0. The van der Waals surface area contributed by atoms with E-state index in [9.17, 15) is 10.2 Å². The van der Waals surface area contributed by atoms with Gasteiger partial charge in [0.05, 0.1) is 13.2 Å². The molecule has 1 unspecified atom stereocenters. The maximum atomic E-state index is 9.35. The van der Waals surface area contributed by atoms with E-state index in [1.807, 2.05) is 26.1 Å². The number of rotatable bonds is 6. The van der Waals surface area contributed by atoms with Crippen LogP contribution in [0.15, 0.2) is 24.3 Å². The number of benzene rings is 1. The van der Waals surface area contributed by atoms with Crippen LogP contribution in [0.4, 0.5) is 0 Å². The van der Waals surface area contributed by atoms with E-state index in [4.69, 9.17) is 0 Å². The summed E-state index contributed by atoms with van der Waals surface area (Å²) in [5, 5.41) is 18.7. The first kappa shape index (κ1) is 15.2. The number of aryl methyl sites for hydroxylation is 1. The molecule has 0 aliphatic carbocycles. The first-order chi connectivity index (χ1) is 8.43. The molecule has 0 heterocycles. The van der Waals surface area contributed by atoms with Gasteiger partial charge in [0, 0.05) is 18.0 Å². The summed E-state index contributed by atoms with van der Waals surface area (Å²) in [6.07, 6.45) is 0. The van der Waals surface area contributed by atoms with Crippen molar-refractivity contribution in [2.75, 3.05) is 26.8 Å². The van der Waals surface area contributed by atoms with E-state index in [1.165, 1.54) is 11.1 Å². The Morgan fingerprint density at radius 1 is 1.22 bits per heavy atom. The maximum absolute atomic E-state index is 9.35. The molecule has 102 valence electrons. The zero-order valence-corrected chi connectivity index (χ0v) is 11.8. The van der Waals surface area contributed by atoms with Gasteiger partial charge < -0.3 is 10.2 Å². The van der Waals surface area contributed by atoms with Crippen LogP contribution in [0.5, 0.6) is 0 Å². The molecule has 0 aromatic heterocycles. The normalized spacial score (nSPS) is 13.9. The van der Waals surface area contributed by atoms with Gasteiger partial charge in [0.15, 0.2) is 0 Å². The van der Waals surface area contributed by atoms with E-state index in [0.29, 0.717) is 6.54 Å². The molecule has 3 nitrogen and oxygen atoms in total. The van der Waals surface area contributed by atoms with Gasteiger partial charge in [-0.25, -0.2) is 0 Å². The lowest BCUT2D eigenvalue weighted by Gasteiger charge is -2.34. The van der Waals surface area contributed by atoms with E-state index in [-0.39, 0.29) is 19.3 Å². The number of aliphatic hydroxyl groups excluding tert-OH is 2. The first-order valence-corrected chi connectivity index (χ1v) is 6.41. The zero-order valence-electron chi connectivity index (χ0n) is 11.8. The van der Waals surface area contributed by atoms with Crippen molar-refractivity contribution >= 4 is 0 Å². The summed E-state index contributed by atoms with van der Waals surface area (Å²) in [5.74, 6) is 0. The minimum Gasteiger partial charge on any atom is -0.396 e. The maximum Gasteiger partial charge on any atom is 0.0519 e. The molecule has 1 aromatic rings. The number of hydrogen-bond acceptors (Lipinski definition) is 3. The van der Waals surface area contributed by atoms with Crippen LogP contribution in [0, 0.1) is 12.3 Å².